The minimum absolute atomic E-state index is 0.0205. The molecule has 4 N–H and O–H groups in total. The number of rotatable bonds is 10. The molecule has 0 bridgehead atoms. The summed E-state index contributed by atoms with van der Waals surface area (Å²) < 4.78 is 0. The lowest BCUT2D eigenvalue weighted by Gasteiger charge is -2.43. The van der Waals surface area contributed by atoms with E-state index in [1.54, 1.807) is 6.07 Å². The van der Waals surface area contributed by atoms with Crippen LogP contribution in [0.25, 0.3) is 0 Å². The molecule has 1 heterocycles. The molecule has 1 aliphatic heterocycles. The van der Waals surface area contributed by atoms with Gasteiger partial charge < -0.3 is 25.7 Å². The van der Waals surface area contributed by atoms with E-state index in [9.17, 15) is 15.0 Å². The number of benzene rings is 1. The third-order valence-corrected chi connectivity index (χ3v) is 7.78. The first-order valence-corrected chi connectivity index (χ1v) is 13.1. The van der Waals surface area contributed by atoms with Gasteiger partial charge in [-0.15, -0.1) is 0 Å². The van der Waals surface area contributed by atoms with E-state index >= 15 is 0 Å². The molecule has 1 unspecified atom stereocenters. The summed E-state index contributed by atoms with van der Waals surface area (Å²) in [7, 11) is 1.93. The minimum atomic E-state index is -1.13. The second kappa shape index (κ2) is 12.9. The van der Waals surface area contributed by atoms with Gasteiger partial charge in [0.25, 0.3) is 0 Å². The lowest BCUT2D eigenvalue weighted by Crippen LogP contribution is -2.54. The van der Waals surface area contributed by atoms with Gasteiger partial charge in [-0.2, -0.15) is 0 Å². The summed E-state index contributed by atoms with van der Waals surface area (Å²) in [5.74, 6) is 0.584. The number of carbonyl (C=O) groups excluding carboxylic acids is 1. The van der Waals surface area contributed by atoms with Crippen LogP contribution in [-0.4, -0.2) is 60.5 Å². The Bertz CT molecular complexity index is 743. The Morgan fingerprint density at radius 2 is 2.03 bits per heavy atom. The summed E-state index contributed by atoms with van der Waals surface area (Å²) in [5.41, 5.74) is -0.361. The smallest absolute Gasteiger partial charge is 0.317 e. The highest BCUT2D eigenvalue weighted by Crippen LogP contribution is 2.40. The van der Waals surface area contributed by atoms with Crippen LogP contribution in [0.1, 0.15) is 69.8 Å². The van der Waals surface area contributed by atoms with E-state index in [-0.39, 0.29) is 24.6 Å². The van der Waals surface area contributed by atoms with Crippen LogP contribution in [0.5, 0.6) is 0 Å². The number of nitrogens with one attached hydrogen (secondary N) is 2. The van der Waals surface area contributed by atoms with Crippen molar-refractivity contribution in [2.24, 2.45) is 11.8 Å². The topological polar surface area (TPSA) is 84.8 Å². The van der Waals surface area contributed by atoms with Crippen LogP contribution in [0.3, 0.4) is 0 Å². The molecule has 2 amide bonds. The molecular formula is C26H42ClN3O3. The van der Waals surface area contributed by atoms with Crippen LogP contribution < -0.4 is 10.6 Å². The van der Waals surface area contributed by atoms with E-state index in [1.165, 1.54) is 32.1 Å². The second-order valence-corrected chi connectivity index (χ2v) is 10.4. The maximum absolute atomic E-state index is 13.2. The van der Waals surface area contributed by atoms with E-state index in [4.69, 9.17) is 11.6 Å². The SMILES string of the molecule is CNCC(CC1CCCCC1)NC(=O)N1CCC[C@@H]([C@@](O)(CCCO)c2cccc(Cl)c2)C1. The summed E-state index contributed by atoms with van der Waals surface area (Å²) >= 11 is 6.23. The molecule has 3 rings (SSSR count). The maximum atomic E-state index is 13.2. The molecule has 2 fully saturated rings. The molecule has 2 aliphatic rings. The van der Waals surface area contributed by atoms with Crippen molar-refractivity contribution in [2.75, 3.05) is 33.3 Å². The molecule has 1 saturated carbocycles. The number of nitrogens with zero attached hydrogens (tertiary/aromatic N) is 1. The van der Waals surface area contributed by atoms with Gasteiger partial charge in [0.1, 0.15) is 0 Å². The monoisotopic (exact) mass is 479 g/mol. The third kappa shape index (κ3) is 7.32. The zero-order valence-corrected chi connectivity index (χ0v) is 20.8. The first-order chi connectivity index (χ1) is 16.0. The van der Waals surface area contributed by atoms with Gasteiger partial charge in [0.15, 0.2) is 0 Å². The zero-order valence-electron chi connectivity index (χ0n) is 20.1. The van der Waals surface area contributed by atoms with Crippen molar-refractivity contribution in [1.29, 1.82) is 0 Å². The zero-order chi connectivity index (χ0) is 23.7. The first kappa shape index (κ1) is 26.3. The predicted octanol–water partition coefficient (Wildman–Crippen LogP) is 4.28. The quantitative estimate of drug-likeness (QED) is 0.403. The summed E-state index contributed by atoms with van der Waals surface area (Å²) in [5, 5.41) is 28.3. The average Bonchev–Trinajstić information content (AvgIpc) is 2.83. The first-order valence-electron chi connectivity index (χ1n) is 12.8. The van der Waals surface area contributed by atoms with Gasteiger partial charge in [0.2, 0.25) is 0 Å². The fourth-order valence-electron chi connectivity index (χ4n) is 5.77. The average molecular weight is 480 g/mol. The van der Waals surface area contributed by atoms with Gasteiger partial charge in [-0.25, -0.2) is 4.79 Å². The van der Waals surface area contributed by atoms with Gasteiger partial charge >= 0.3 is 6.03 Å². The third-order valence-electron chi connectivity index (χ3n) is 7.55. The highest BCUT2D eigenvalue weighted by atomic mass is 35.5. The number of halogens is 1. The number of likely N-dealkylation sites (tertiary alicyclic amines) is 1. The molecule has 186 valence electrons. The van der Waals surface area contributed by atoms with Gasteiger partial charge in [0, 0.05) is 43.2 Å². The standard InChI is InChI=1S/C26H42ClN3O3/c1-28-18-24(16-20-8-3-2-4-9-20)29-25(32)30-14-6-11-22(19-30)26(33,13-7-15-31)21-10-5-12-23(27)17-21/h5,10,12,17,20,22,24,28,31,33H,2-4,6-9,11,13-16,18-19H2,1H3,(H,29,32)/t22-,24?,26-/m1/s1. The Balaban J connectivity index is 1.68. The molecule has 0 spiro atoms. The fourth-order valence-corrected chi connectivity index (χ4v) is 5.96. The minimum Gasteiger partial charge on any atom is -0.396 e. The summed E-state index contributed by atoms with van der Waals surface area (Å²) in [4.78, 5) is 15.1. The number of hydrogen-bond donors (Lipinski definition) is 4. The number of carbonyl (C=O) groups is 1. The maximum Gasteiger partial charge on any atom is 0.317 e. The molecule has 3 atom stereocenters. The van der Waals surface area contributed by atoms with Crippen LogP contribution in [0.15, 0.2) is 24.3 Å². The Hall–Kier alpha value is -1.34. The lowest BCUT2D eigenvalue weighted by atomic mass is 9.74. The van der Waals surface area contributed by atoms with E-state index in [2.05, 4.69) is 10.6 Å². The molecule has 6 nitrogen and oxygen atoms in total. The molecule has 1 saturated heterocycles. The molecule has 1 aromatic rings. The van der Waals surface area contributed by atoms with Crippen molar-refractivity contribution < 1.29 is 15.0 Å². The predicted molar refractivity (Wildman–Crippen MR) is 133 cm³/mol. The van der Waals surface area contributed by atoms with Gasteiger partial charge in [0.05, 0.1) is 5.60 Å². The Labute approximate surface area is 204 Å². The van der Waals surface area contributed by atoms with Crippen LogP contribution in [0.2, 0.25) is 5.02 Å². The van der Waals surface area contributed by atoms with Gasteiger partial charge in [-0.05, 0) is 62.8 Å². The molecule has 0 radical (unpaired) electrons. The number of hydrogen-bond acceptors (Lipinski definition) is 4. The molecular weight excluding hydrogens is 438 g/mol. The molecule has 1 aliphatic carbocycles. The highest BCUT2D eigenvalue weighted by molar-refractivity contribution is 6.30. The van der Waals surface area contributed by atoms with E-state index in [1.807, 2.05) is 30.1 Å². The van der Waals surface area contributed by atoms with Crippen molar-refractivity contribution >= 4 is 17.6 Å². The van der Waals surface area contributed by atoms with Crippen LogP contribution in [0.4, 0.5) is 4.79 Å². The summed E-state index contributed by atoms with van der Waals surface area (Å²) in [6, 6.07) is 7.44. The number of piperidine rings is 1. The highest BCUT2D eigenvalue weighted by Gasteiger charge is 2.41. The second-order valence-electron chi connectivity index (χ2n) is 9.99. The number of likely N-dealkylation sites (N-methyl/N-ethyl adjacent to an activating group) is 1. The largest absolute Gasteiger partial charge is 0.396 e. The number of aliphatic hydroxyl groups excluding tert-OH is 1. The van der Waals surface area contributed by atoms with Crippen LogP contribution >= 0.6 is 11.6 Å². The van der Waals surface area contributed by atoms with Crippen molar-refractivity contribution in [3.63, 3.8) is 0 Å². The van der Waals surface area contributed by atoms with Crippen LogP contribution in [0, 0.1) is 11.8 Å². The van der Waals surface area contributed by atoms with Gasteiger partial charge in [-0.1, -0.05) is 55.8 Å². The number of amides is 2. The van der Waals surface area contributed by atoms with Crippen LogP contribution in [-0.2, 0) is 5.60 Å². The fraction of sp³-hybridized carbons (Fsp3) is 0.731. The Morgan fingerprint density at radius 3 is 2.73 bits per heavy atom. The molecule has 0 aromatic heterocycles. The number of urea groups is 1. The number of aliphatic hydroxyl groups is 2. The normalized spacial score (nSPS) is 22.5. The Kier molecular flexibility index (Phi) is 10.3. The molecule has 1 aromatic carbocycles. The molecule has 7 heteroatoms. The van der Waals surface area contributed by atoms with Crippen molar-refractivity contribution in [3.05, 3.63) is 34.9 Å². The summed E-state index contributed by atoms with van der Waals surface area (Å²) in [6.07, 6.45) is 10.1. The van der Waals surface area contributed by atoms with E-state index < -0.39 is 5.60 Å². The Morgan fingerprint density at radius 1 is 1.24 bits per heavy atom. The molecule has 33 heavy (non-hydrogen) atoms. The van der Waals surface area contributed by atoms with E-state index in [0.29, 0.717) is 36.9 Å². The van der Waals surface area contributed by atoms with Crippen molar-refractivity contribution in [2.45, 2.75) is 75.9 Å². The van der Waals surface area contributed by atoms with Crippen molar-refractivity contribution in [3.8, 4) is 0 Å². The van der Waals surface area contributed by atoms with Crippen molar-refractivity contribution in [1.82, 2.24) is 15.5 Å². The van der Waals surface area contributed by atoms with Gasteiger partial charge in [-0.3, -0.25) is 0 Å². The lowest BCUT2D eigenvalue weighted by molar-refractivity contribution is -0.0576. The van der Waals surface area contributed by atoms with E-state index in [0.717, 1.165) is 31.4 Å². The summed E-state index contributed by atoms with van der Waals surface area (Å²) in [6.45, 7) is 1.98.